The molecule has 1 fully saturated rings. The van der Waals surface area contributed by atoms with Crippen LogP contribution >= 0.6 is 0 Å². The summed E-state index contributed by atoms with van der Waals surface area (Å²) >= 11 is 0. The van der Waals surface area contributed by atoms with Crippen LogP contribution in [0.4, 0.5) is 5.82 Å². The summed E-state index contributed by atoms with van der Waals surface area (Å²) in [4.78, 5) is 15.9. The number of piperidine rings is 1. The Labute approximate surface area is 108 Å². The molecule has 1 aromatic rings. The molecule has 1 saturated heterocycles. The minimum absolute atomic E-state index is 0.252. The van der Waals surface area contributed by atoms with Crippen molar-refractivity contribution in [3.8, 4) is 0 Å². The number of hydrogen-bond donors (Lipinski definition) is 2. The lowest BCUT2D eigenvalue weighted by Gasteiger charge is -2.22. The molecule has 0 aromatic carbocycles. The van der Waals surface area contributed by atoms with Crippen LogP contribution in [0.5, 0.6) is 0 Å². The van der Waals surface area contributed by atoms with Gasteiger partial charge in [0, 0.05) is 30.6 Å². The summed E-state index contributed by atoms with van der Waals surface area (Å²) in [5.41, 5.74) is 6.58. The molecule has 98 valence electrons. The largest absolute Gasteiger partial charge is 0.383 e. The number of nitrogen functional groups attached to an aromatic ring is 1. The van der Waals surface area contributed by atoms with E-state index in [-0.39, 0.29) is 5.78 Å². The molecule has 1 aliphatic heterocycles. The molecule has 1 unspecified atom stereocenters. The first-order valence-corrected chi connectivity index (χ1v) is 6.70. The van der Waals surface area contributed by atoms with Crippen LogP contribution in [0.1, 0.15) is 37.7 Å². The van der Waals surface area contributed by atoms with E-state index in [1.165, 1.54) is 19.3 Å². The van der Waals surface area contributed by atoms with Gasteiger partial charge >= 0.3 is 0 Å². The first-order valence-electron chi connectivity index (χ1n) is 6.70. The highest BCUT2D eigenvalue weighted by Gasteiger charge is 2.14. The minimum atomic E-state index is 0.252. The van der Waals surface area contributed by atoms with Crippen LogP contribution in [0.15, 0.2) is 18.3 Å². The number of nitrogens with zero attached hydrogens (tertiary/aromatic N) is 1. The van der Waals surface area contributed by atoms with Crippen LogP contribution in [0, 0.1) is 0 Å². The Bertz CT molecular complexity index is 400. The standard InChI is InChI=1S/C14H21N3O/c15-14-11(4-3-9-17-14)10-13(18)7-6-12-5-1-2-8-16-12/h3-4,9,12,16H,1-2,5-8,10H2,(H2,15,17). The van der Waals surface area contributed by atoms with Crippen LogP contribution in [0.25, 0.3) is 0 Å². The van der Waals surface area contributed by atoms with Crippen molar-refractivity contribution >= 4 is 11.6 Å². The maximum Gasteiger partial charge on any atom is 0.137 e. The van der Waals surface area contributed by atoms with Gasteiger partial charge in [0.15, 0.2) is 0 Å². The van der Waals surface area contributed by atoms with E-state index in [2.05, 4.69) is 10.3 Å². The summed E-state index contributed by atoms with van der Waals surface area (Å²) in [5.74, 6) is 0.726. The summed E-state index contributed by atoms with van der Waals surface area (Å²) in [6, 6.07) is 4.22. The Morgan fingerprint density at radius 1 is 1.50 bits per heavy atom. The molecule has 1 atom stereocenters. The number of carbonyl (C=O) groups excluding carboxylic acids is 1. The smallest absolute Gasteiger partial charge is 0.137 e. The summed E-state index contributed by atoms with van der Waals surface area (Å²) in [6.45, 7) is 1.09. The van der Waals surface area contributed by atoms with Crippen LogP contribution in [0.3, 0.4) is 0 Å². The molecule has 1 aromatic heterocycles. The van der Waals surface area contributed by atoms with Crippen LogP contribution in [-0.4, -0.2) is 23.4 Å². The van der Waals surface area contributed by atoms with Gasteiger partial charge in [0.05, 0.1) is 0 Å². The summed E-state index contributed by atoms with van der Waals surface area (Å²) < 4.78 is 0. The molecule has 0 saturated carbocycles. The van der Waals surface area contributed by atoms with E-state index < -0.39 is 0 Å². The number of pyridine rings is 1. The number of nitrogens with one attached hydrogen (secondary N) is 1. The van der Waals surface area contributed by atoms with Crippen molar-refractivity contribution in [1.29, 1.82) is 0 Å². The second-order valence-corrected chi connectivity index (χ2v) is 4.95. The molecule has 0 bridgehead atoms. The van der Waals surface area contributed by atoms with Gasteiger partial charge in [-0.05, 0) is 31.9 Å². The number of Topliss-reactive ketones (excluding diaryl/α,β-unsaturated/α-hetero) is 1. The summed E-state index contributed by atoms with van der Waals surface area (Å²) in [6.07, 6.45) is 7.37. The van der Waals surface area contributed by atoms with Gasteiger partial charge in [0.25, 0.3) is 0 Å². The van der Waals surface area contributed by atoms with E-state index in [1.54, 1.807) is 6.20 Å². The molecule has 3 N–H and O–H groups in total. The molecule has 4 heteroatoms. The number of anilines is 1. The van der Waals surface area contributed by atoms with E-state index in [4.69, 9.17) is 5.73 Å². The first kappa shape index (κ1) is 13.0. The molecule has 0 aliphatic carbocycles. The third kappa shape index (κ3) is 3.81. The fourth-order valence-electron chi connectivity index (χ4n) is 2.41. The number of aromatic nitrogens is 1. The Morgan fingerprint density at radius 3 is 3.11 bits per heavy atom. The van der Waals surface area contributed by atoms with Gasteiger partial charge in [-0.3, -0.25) is 4.79 Å². The van der Waals surface area contributed by atoms with E-state index in [9.17, 15) is 4.79 Å². The van der Waals surface area contributed by atoms with E-state index in [0.717, 1.165) is 18.5 Å². The lowest BCUT2D eigenvalue weighted by molar-refractivity contribution is -0.118. The Hall–Kier alpha value is -1.42. The van der Waals surface area contributed by atoms with Gasteiger partial charge in [-0.25, -0.2) is 4.98 Å². The molecule has 18 heavy (non-hydrogen) atoms. The number of nitrogens with two attached hydrogens (primary N) is 1. The third-order valence-electron chi connectivity index (χ3n) is 3.50. The van der Waals surface area contributed by atoms with Gasteiger partial charge in [-0.15, -0.1) is 0 Å². The second kappa shape index (κ2) is 6.50. The molecule has 1 aliphatic rings. The SMILES string of the molecule is Nc1ncccc1CC(=O)CCC1CCCCN1. The van der Waals surface area contributed by atoms with Crippen molar-refractivity contribution in [2.45, 2.75) is 44.6 Å². The molecular weight excluding hydrogens is 226 g/mol. The highest BCUT2D eigenvalue weighted by molar-refractivity contribution is 5.81. The van der Waals surface area contributed by atoms with Crippen LogP contribution < -0.4 is 11.1 Å². The fourth-order valence-corrected chi connectivity index (χ4v) is 2.41. The van der Waals surface area contributed by atoms with Gasteiger partial charge in [0.2, 0.25) is 0 Å². The van der Waals surface area contributed by atoms with Crippen molar-refractivity contribution in [2.24, 2.45) is 0 Å². The number of carbonyl (C=O) groups is 1. The molecule has 0 radical (unpaired) electrons. The lowest BCUT2D eigenvalue weighted by Crippen LogP contribution is -2.34. The highest BCUT2D eigenvalue weighted by Crippen LogP contribution is 2.14. The Balaban J connectivity index is 1.76. The molecule has 4 nitrogen and oxygen atoms in total. The lowest BCUT2D eigenvalue weighted by atomic mass is 9.97. The molecular formula is C14H21N3O. The molecule has 2 rings (SSSR count). The fraction of sp³-hybridized carbons (Fsp3) is 0.571. The van der Waals surface area contributed by atoms with E-state index in [0.29, 0.717) is 24.7 Å². The van der Waals surface area contributed by atoms with Gasteiger partial charge in [-0.2, -0.15) is 0 Å². The maximum atomic E-state index is 11.9. The van der Waals surface area contributed by atoms with Gasteiger partial charge < -0.3 is 11.1 Å². The zero-order chi connectivity index (χ0) is 12.8. The highest BCUT2D eigenvalue weighted by atomic mass is 16.1. The first-order chi connectivity index (χ1) is 8.75. The Kier molecular flexibility index (Phi) is 4.70. The predicted octanol–water partition coefficient (Wildman–Crippen LogP) is 1.70. The predicted molar refractivity (Wildman–Crippen MR) is 72.2 cm³/mol. The monoisotopic (exact) mass is 247 g/mol. The quantitative estimate of drug-likeness (QED) is 0.831. The number of ketones is 1. The van der Waals surface area contributed by atoms with E-state index in [1.807, 2.05) is 12.1 Å². The van der Waals surface area contributed by atoms with Crippen molar-refractivity contribution in [3.05, 3.63) is 23.9 Å². The topological polar surface area (TPSA) is 68.0 Å². The zero-order valence-electron chi connectivity index (χ0n) is 10.7. The Morgan fingerprint density at radius 2 is 2.39 bits per heavy atom. The molecule has 0 spiro atoms. The summed E-state index contributed by atoms with van der Waals surface area (Å²) in [7, 11) is 0. The van der Waals surface area contributed by atoms with Gasteiger partial charge in [-0.1, -0.05) is 12.5 Å². The normalized spacial score (nSPS) is 19.7. The number of rotatable bonds is 5. The van der Waals surface area contributed by atoms with Crippen molar-refractivity contribution in [3.63, 3.8) is 0 Å². The maximum absolute atomic E-state index is 11.9. The van der Waals surface area contributed by atoms with Gasteiger partial charge in [0.1, 0.15) is 11.6 Å². The third-order valence-corrected chi connectivity index (χ3v) is 3.50. The van der Waals surface area contributed by atoms with Crippen LogP contribution in [0.2, 0.25) is 0 Å². The average molecular weight is 247 g/mol. The second-order valence-electron chi connectivity index (χ2n) is 4.95. The number of hydrogen-bond acceptors (Lipinski definition) is 4. The zero-order valence-corrected chi connectivity index (χ0v) is 10.7. The van der Waals surface area contributed by atoms with E-state index >= 15 is 0 Å². The average Bonchev–Trinajstić information content (AvgIpc) is 2.40. The minimum Gasteiger partial charge on any atom is -0.383 e. The summed E-state index contributed by atoms with van der Waals surface area (Å²) in [5, 5.41) is 3.46. The molecule has 0 amide bonds. The van der Waals surface area contributed by atoms with Crippen molar-refractivity contribution in [2.75, 3.05) is 12.3 Å². The van der Waals surface area contributed by atoms with Crippen molar-refractivity contribution < 1.29 is 4.79 Å². The van der Waals surface area contributed by atoms with Crippen LogP contribution in [-0.2, 0) is 11.2 Å². The molecule has 2 heterocycles. The van der Waals surface area contributed by atoms with Crippen molar-refractivity contribution in [1.82, 2.24) is 10.3 Å².